The van der Waals surface area contributed by atoms with Crippen LogP contribution >= 0.6 is 0 Å². The van der Waals surface area contributed by atoms with E-state index in [9.17, 15) is 9.59 Å². The molecular weight excluding hydrogens is 226 g/mol. The van der Waals surface area contributed by atoms with Gasteiger partial charge in [0.2, 0.25) is 5.91 Å². The summed E-state index contributed by atoms with van der Waals surface area (Å²) < 4.78 is 9.69. The number of esters is 1. The molecular formula is C10H15N3O4. The smallest absolute Gasteiger partial charge is 0.360 e. The number of nitrogens with one attached hydrogen (secondary N) is 2. The highest BCUT2D eigenvalue weighted by Gasteiger charge is 2.13. The fourth-order valence-electron chi connectivity index (χ4n) is 1.07. The summed E-state index contributed by atoms with van der Waals surface area (Å²) in [5.41, 5.74) is 0.0743. The van der Waals surface area contributed by atoms with Crippen molar-refractivity contribution in [3.63, 3.8) is 0 Å². The first-order valence-corrected chi connectivity index (χ1v) is 5.30. The van der Waals surface area contributed by atoms with E-state index in [-0.39, 0.29) is 30.8 Å². The van der Waals surface area contributed by atoms with Crippen LogP contribution in [-0.2, 0) is 9.53 Å². The van der Waals surface area contributed by atoms with Crippen LogP contribution < -0.4 is 10.6 Å². The molecule has 1 amide bonds. The third-order valence-electron chi connectivity index (χ3n) is 1.76. The van der Waals surface area contributed by atoms with Gasteiger partial charge in [0.25, 0.3) is 6.01 Å². The van der Waals surface area contributed by atoms with Gasteiger partial charge >= 0.3 is 5.97 Å². The Morgan fingerprint density at radius 1 is 1.47 bits per heavy atom. The van der Waals surface area contributed by atoms with Gasteiger partial charge in [0, 0.05) is 6.54 Å². The van der Waals surface area contributed by atoms with Crippen LogP contribution in [-0.4, -0.2) is 36.6 Å². The van der Waals surface area contributed by atoms with Gasteiger partial charge in [0.15, 0.2) is 5.69 Å². The fourth-order valence-corrected chi connectivity index (χ4v) is 1.07. The van der Waals surface area contributed by atoms with E-state index < -0.39 is 5.97 Å². The molecule has 7 nitrogen and oxygen atoms in total. The van der Waals surface area contributed by atoms with Gasteiger partial charge in [-0.3, -0.25) is 4.79 Å². The van der Waals surface area contributed by atoms with Gasteiger partial charge in [-0.1, -0.05) is 0 Å². The Morgan fingerprint density at radius 2 is 2.24 bits per heavy atom. The molecule has 94 valence electrons. The molecule has 0 atom stereocenters. The van der Waals surface area contributed by atoms with Crippen LogP contribution in [0, 0.1) is 0 Å². The summed E-state index contributed by atoms with van der Waals surface area (Å²) in [7, 11) is 0. The molecule has 0 aliphatic rings. The van der Waals surface area contributed by atoms with Crippen molar-refractivity contribution in [2.75, 3.05) is 25.0 Å². The zero-order chi connectivity index (χ0) is 12.7. The van der Waals surface area contributed by atoms with Crippen LogP contribution in [0.1, 0.15) is 24.3 Å². The first-order chi connectivity index (χ1) is 8.17. The standard InChI is InChI=1S/C10H15N3O4/c1-3-11-8(14)5-12-10-13-7(6-17-10)9(15)16-4-2/h6H,3-5H2,1-2H3,(H,11,14)(H,12,13). The largest absolute Gasteiger partial charge is 0.461 e. The lowest BCUT2D eigenvalue weighted by Crippen LogP contribution is -2.29. The minimum Gasteiger partial charge on any atom is -0.461 e. The molecule has 0 aliphatic heterocycles. The number of rotatable bonds is 6. The second kappa shape index (κ2) is 6.51. The number of carbonyl (C=O) groups is 2. The van der Waals surface area contributed by atoms with Crippen LogP contribution in [0.3, 0.4) is 0 Å². The maximum absolute atomic E-state index is 11.2. The Kier molecular flexibility index (Phi) is 4.99. The molecule has 0 unspecified atom stereocenters. The maximum atomic E-state index is 11.2. The number of aromatic nitrogens is 1. The second-order valence-corrected chi connectivity index (χ2v) is 3.07. The second-order valence-electron chi connectivity index (χ2n) is 3.07. The van der Waals surface area contributed by atoms with Crippen LogP contribution in [0.25, 0.3) is 0 Å². The van der Waals surface area contributed by atoms with Crippen molar-refractivity contribution in [3.8, 4) is 0 Å². The minimum absolute atomic E-state index is 0.0383. The molecule has 0 saturated heterocycles. The lowest BCUT2D eigenvalue weighted by molar-refractivity contribution is -0.119. The van der Waals surface area contributed by atoms with Gasteiger partial charge in [-0.25, -0.2) is 4.79 Å². The monoisotopic (exact) mass is 241 g/mol. The van der Waals surface area contributed by atoms with E-state index in [0.29, 0.717) is 6.54 Å². The SMILES string of the molecule is CCNC(=O)CNc1nc(C(=O)OCC)co1. The first-order valence-electron chi connectivity index (χ1n) is 5.30. The Morgan fingerprint density at radius 3 is 2.88 bits per heavy atom. The summed E-state index contributed by atoms with van der Waals surface area (Å²) in [6.45, 7) is 4.39. The molecule has 1 rings (SSSR count). The number of amides is 1. The van der Waals surface area contributed by atoms with Gasteiger partial charge in [0.1, 0.15) is 6.26 Å². The molecule has 2 N–H and O–H groups in total. The molecule has 1 aromatic rings. The van der Waals surface area contributed by atoms with Crippen molar-refractivity contribution >= 4 is 17.9 Å². The zero-order valence-electron chi connectivity index (χ0n) is 9.78. The Hall–Kier alpha value is -2.05. The van der Waals surface area contributed by atoms with Crippen LogP contribution in [0.5, 0.6) is 0 Å². The predicted molar refractivity (Wildman–Crippen MR) is 59.6 cm³/mol. The fraction of sp³-hybridized carbons (Fsp3) is 0.500. The Labute approximate surface area is 98.5 Å². The molecule has 1 aromatic heterocycles. The highest BCUT2D eigenvalue weighted by molar-refractivity contribution is 5.87. The molecule has 17 heavy (non-hydrogen) atoms. The van der Waals surface area contributed by atoms with E-state index in [2.05, 4.69) is 15.6 Å². The molecule has 0 bridgehead atoms. The first kappa shape index (κ1) is 13.0. The summed E-state index contributed by atoms with van der Waals surface area (Å²) in [5.74, 6) is -0.731. The number of hydrogen-bond acceptors (Lipinski definition) is 6. The summed E-state index contributed by atoms with van der Waals surface area (Å²) >= 11 is 0. The maximum Gasteiger partial charge on any atom is 0.360 e. The molecule has 7 heteroatoms. The molecule has 0 saturated carbocycles. The highest BCUT2D eigenvalue weighted by Crippen LogP contribution is 2.07. The molecule has 0 fully saturated rings. The molecule has 0 spiro atoms. The topological polar surface area (TPSA) is 93.5 Å². The van der Waals surface area contributed by atoms with E-state index in [0.717, 1.165) is 0 Å². The van der Waals surface area contributed by atoms with Crippen molar-refractivity contribution in [3.05, 3.63) is 12.0 Å². The number of nitrogens with zero attached hydrogens (tertiary/aromatic N) is 1. The Bertz CT molecular complexity index is 389. The normalized spacial score (nSPS) is 9.76. The number of anilines is 1. The lowest BCUT2D eigenvalue weighted by Gasteiger charge is -2.01. The van der Waals surface area contributed by atoms with E-state index in [1.807, 2.05) is 6.92 Å². The van der Waals surface area contributed by atoms with E-state index in [4.69, 9.17) is 9.15 Å². The third-order valence-corrected chi connectivity index (χ3v) is 1.76. The Balaban J connectivity index is 2.45. The third kappa shape index (κ3) is 4.13. The summed E-state index contributed by atoms with van der Waals surface area (Å²) in [6.07, 6.45) is 1.18. The van der Waals surface area contributed by atoms with Crippen molar-refractivity contribution < 1.29 is 18.7 Å². The van der Waals surface area contributed by atoms with E-state index in [1.54, 1.807) is 6.92 Å². The van der Waals surface area contributed by atoms with Crippen LogP contribution in [0.15, 0.2) is 10.7 Å². The average molecular weight is 241 g/mol. The summed E-state index contributed by atoms with van der Waals surface area (Å²) in [4.78, 5) is 26.2. The number of hydrogen-bond donors (Lipinski definition) is 2. The molecule has 0 aliphatic carbocycles. The molecule has 1 heterocycles. The zero-order valence-corrected chi connectivity index (χ0v) is 9.78. The van der Waals surface area contributed by atoms with Crippen LogP contribution in [0.2, 0.25) is 0 Å². The number of likely N-dealkylation sites (N-methyl/N-ethyl adjacent to an activating group) is 1. The van der Waals surface area contributed by atoms with Gasteiger partial charge in [0.05, 0.1) is 13.2 Å². The average Bonchev–Trinajstić information content (AvgIpc) is 2.76. The van der Waals surface area contributed by atoms with Gasteiger partial charge in [-0.2, -0.15) is 4.98 Å². The van der Waals surface area contributed by atoms with Gasteiger partial charge < -0.3 is 19.8 Å². The van der Waals surface area contributed by atoms with E-state index >= 15 is 0 Å². The van der Waals surface area contributed by atoms with E-state index in [1.165, 1.54) is 6.26 Å². The number of carbonyl (C=O) groups excluding carboxylic acids is 2. The number of oxazole rings is 1. The van der Waals surface area contributed by atoms with Gasteiger partial charge in [-0.05, 0) is 13.8 Å². The molecule has 0 radical (unpaired) electrons. The number of ether oxygens (including phenoxy) is 1. The molecule has 0 aromatic carbocycles. The van der Waals surface area contributed by atoms with Gasteiger partial charge in [-0.15, -0.1) is 0 Å². The minimum atomic E-state index is -0.553. The predicted octanol–water partition coefficient (Wildman–Crippen LogP) is 0.399. The van der Waals surface area contributed by atoms with Crippen molar-refractivity contribution in [1.29, 1.82) is 0 Å². The summed E-state index contributed by atoms with van der Waals surface area (Å²) in [5, 5.41) is 5.25. The highest BCUT2D eigenvalue weighted by atomic mass is 16.5. The summed E-state index contributed by atoms with van der Waals surface area (Å²) in [6, 6.07) is 0.110. The van der Waals surface area contributed by atoms with Crippen LogP contribution in [0.4, 0.5) is 6.01 Å². The quantitative estimate of drug-likeness (QED) is 0.700. The lowest BCUT2D eigenvalue weighted by atomic mass is 10.5. The van der Waals surface area contributed by atoms with Crippen molar-refractivity contribution in [2.24, 2.45) is 0 Å². The van der Waals surface area contributed by atoms with Crippen molar-refractivity contribution in [1.82, 2.24) is 10.3 Å². The van der Waals surface area contributed by atoms with Crippen molar-refractivity contribution in [2.45, 2.75) is 13.8 Å².